The third kappa shape index (κ3) is 3.34. The van der Waals surface area contributed by atoms with Crippen LogP contribution in [0, 0.1) is 20.8 Å². The molecular weight excluding hydrogens is 334 g/mol. The van der Waals surface area contributed by atoms with Gasteiger partial charge < -0.3 is 5.32 Å². The van der Waals surface area contributed by atoms with Crippen LogP contribution in [0.4, 0.5) is 5.82 Å². The Balaban J connectivity index is 1.82. The quantitative estimate of drug-likeness (QED) is 0.550. The fourth-order valence-corrected chi connectivity index (χ4v) is 3.06. The minimum absolute atomic E-state index is 0.147. The normalized spacial score (nSPS) is 10.9. The molecule has 0 unspecified atom stereocenters. The van der Waals surface area contributed by atoms with Gasteiger partial charge in [-0.3, -0.25) is 9.20 Å². The van der Waals surface area contributed by atoms with Gasteiger partial charge in [-0.2, -0.15) is 0 Å². The molecule has 4 rings (SSSR count). The third-order valence-electron chi connectivity index (χ3n) is 4.65. The van der Waals surface area contributed by atoms with E-state index in [1.165, 1.54) is 5.56 Å². The summed E-state index contributed by atoms with van der Waals surface area (Å²) in [6.45, 7) is 6.09. The van der Waals surface area contributed by atoms with Crippen molar-refractivity contribution >= 4 is 17.4 Å². The molecule has 0 spiro atoms. The Hall–Kier alpha value is -3.40. The SMILES string of the molecule is Cc1ccc(C(=O)Nc2c(-c3ccc(C)cc3)nc3cc(C)ccn23)cc1. The molecule has 0 aliphatic heterocycles. The molecule has 4 aromatic rings. The number of carbonyl (C=O) groups is 1. The molecule has 0 aliphatic rings. The number of aryl methyl sites for hydroxylation is 3. The van der Waals surface area contributed by atoms with Gasteiger partial charge in [0.2, 0.25) is 0 Å². The molecule has 1 N–H and O–H groups in total. The van der Waals surface area contributed by atoms with Crippen LogP contribution in [0.1, 0.15) is 27.0 Å². The van der Waals surface area contributed by atoms with Crippen LogP contribution in [0.25, 0.3) is 16.9 Å². The molecule has 4 nitrogen and oxygen atoms in total. The van der Waals surface area contributed by atoms with E-state index in [4.69, 9.17) is 4.98 Å². The van der Waals surface area contributed by atoms with Gasteiger partial charge in [0.15, 0.2) is 0 Å². The van der Waals surface area contributed by atoms with Crippen molar-refractivity contribution < 1.29 is 4.79 Å². The summed E-state index contributed by atoms with van der Waals surface area (Å²) in [5.41, 5.74) is 6.60. The molecule has 2 heterocycles. The Morgan fingerprint density at radius 1 is 0.852 bits per heavy atom. The number of nitrogens with one attached hydrogen (secondary N) is 1. The Labute approximate surface area is 158 Å². The van der Waals surface area contributed by atoms with E-state index >= 15 is 0 Å². The zero-order valence-electron chi connectivity index (χ0n) is 15.7. The number of carbonyl (C=O) groups excluding carboxylic acids is 1. The maximum Gasteiger partial charge on any atom is 0.256 e. The lowest BCUT2D eigenvalue weighted by Gasteiger charge is -2.09. The van der Waals surface area contributed by atoms with Crippen molar-refractivity contribution in [1.29, 1.82) is 0 Å². The summed E-state index contributed by atoms with van der Waals surface area (Å²) in [7, 11) is 0. The predicted octanol–water partition coefficient (Wildman–Crippen LogP) is 5.18. The average molecular weight is 355 g/mol. The van der Waals surface area contributed by atoms with E-state index in [1.807, 2.05) is 73.0 Å². The second kappa shape index (κ2) is 6.72. The van der Waals surface area contributed by atoms with E-state index < -0.39 is 0 Å². The van der Waals surface area contributed by atoms with Crippen molar-refractivity contribution in [2.24, 2.45) is 0 Å². The predicted molar refractivity (Wildman–Crippen MR) is 109 cm³/mol. The second-order valence-corrected chi connectivity index (χ2v) is 6.93. The zero-order valence-corrected chi connectivity index (χ0v) is 15.7. The molecular formula is C23H21N3O. The molecule has 134 valence electrons. The van der Waals surface area contributed by atoms with E-state index in [1.54, 1.807) is 0 Å². The van der Waals surface area contributed by atoms with Gasteiger partial charge >= 0.3 is 0 Å². The van der Waals surface area contributed by atoms with Gasteiger partial charge in [0, 0.05) is 17.3 Å². The highest BCUT2D eigenvalue weighted by Crippen LogP contribution is 2.29. The lowest BCUT2D eigenvalue weighted by atomic mass is 10.1. The van der Waals surface area contributed by atoms with Gasteiger partial charge in [-0.25, -0.2) is 4.98 Å². The van der Waals surface area contributed by atoms with Crippen LogP contribution in [0.2, 0.25) is 0 Å². The number of hydrogen-bond acceptors (Lipinski definition) is 2. The first-order valence-corrected chi connectivity index (χ1v) is 8.95. The number of anilines is 1. The Bertz CT molecular complexity index is 1120. The van der Waals surface area contributed by atoms with E-state index in [9.17, 15) is 4.79 Å². The number of nitrogens with zero attached hydrogens (tertiary/aromatic N) is 2. The molecule has 0 aliphatic carbocycles. The summed E-state index contributed by atoms with van der Waals surface area (Å²) in [5.74, 6) is 0.533. The van der Waals surface area contributed by atoms with Crippen LogP contribution in [-0.2, 0) is 0 Å². The largest absolute Gasteiger partial charge is 0.306 e. The molecule has 0 saturated heterocycles. The van der Waals surface area contributed by atoms with Crippen molar-refractivity contribution in [1.82, 2.24) is 9.38 Å². The van der Waals surface area contributed by atoms with Crippen molar-refractivity contribution in [2.45, 2.75) is 20.8 Å². The molecule has 1 amide bonds. The molecule has 2 aromatic carbocycles. The van der Waals surface area contributed by atoms with Crippen LogP contribution in [0.15, 0.2) is 66.9 Å². The van der Waals surface area contributed by atoms with Gasteiger partial charge in [-0.15, -0.1) is 0 Å². The Kier molecular flexibility index (Phi) is 4.24. The average Bonchev–Trinajstić information content (AvgIpc) is 3.00. The highest BCUT2D eigenvalue weighted by atomic mass is 16.1. The maximum absolute atomic E-state index is 12.8. The Morgan fingerprint density at radius 3 is 2.15 bits per heavy atom. The van der Waals surface area contributed by atoms with Crippen molar-refractivity contribution in [3.63, 3.8) is 0 Å². The van der Waals surface area contributed by atoms with Crippen LogP contribution < -0.4 is 5.32 Å². The standard InChI is InChI=1S/C23H21N3O/c1-15-4-8-18(9-5-15)21-22(26-13-12-17(3)14-20(26)24-21)25-23(27)19-10-6-16(2)7-11-19/h4-14H,1-3H3,(H,25,27). The van der Waals surface area contributed by atoms with E-state index in [0.29, 0.717) is 11.4 Å². The number of amides is 1. The molecule has 0 fully saturated rings. The van der Waals surface area contributed by atoms with E-state index in [-0.39, 0.29) is 5.91 Å². The number of benzene rings is 2. The zero-order chi connectivity index (χ0) is 19.0. The van der Waals surface area contributed by atoms with Crippen LogP contribution in [0.5, 0.6) is 0 Å². The third-order valence-corrected chi connectivity index (χ3v) is 4.65. The molecule has 0 radical (unpaired) electrons. The van der Waals surface area contributed by atoms with E-state index in [0.717, 1.165) is 28.0 Å². The van der Waals surface area contributed by atoms with Crippen LogP contribution in [-0.4, -0.2) is 15.3 Å². The Morgan fingerprint density at radius 2 is 1.48 bits per heavy atom. The molecule has 0 bridgehead atoms. The van der Waals surface area contributed by atoms with Gasteiger partial charge in [0.05, 0.1) is 0 Å². The summed E-state index contributed by atoms with van der Waals surface area (Å²) in [6.07, 6.45) is 1.94. The van der Waals surface area contributed by atoms with Gasteiger partial charge in [-0.05, 0) is 50.6 Å². The number of hydrogen-bond donors (Lipinski definition) is 1. The fourth-order valence-electron chi connectivity index (χ4n) is 3.06. The first-order valence-electron chi connectivity index (χ1n) is 8.95. The first-order chi connectivity index (χ1) is 13.0. The molecule has 27 heavy (non-hydrogen) atoms. The molecule has 4 heteroatoms. The molecule has 2 aromatic heterocycles. The summed E-state index contributed by atoms with van der Waals surface area (Å²) >= 11 is 0. The monoisotopic (exact) mass is 355 g/mol. The summed E-state index contributed by atoms with van der Waals surface area (Å²) in [5, 5.41) is 3.06. The number of imidazole rings is 1. The van der Waals surface area contributed by atoms with Crippen molar-refractivity contribution in [2.75, 3.05) is 5.32 Å². The minimum Gasteiger partial charge on any atom is -0.306 e. The van der Waals surface area contributed by atoms with Gasteiger partial charge in [0.25, 0.3) is 5.91 Å². The van der Waals surface area contributed by atoms with Crippen molar-refractivity contribution in [3.8, 4) is 11.3 Å². The van der Waals surface area contributed by atoms with Gasteiger partial charge in [0.1, 0.15) is 17.2 Å². The second-order valence-electron chi connectivity index (χ2n) is 6.93. The smallest absolute Gasteiger partial charge is 0.256 e. The summed E-state index contributed by atoms with van der Waals surface area (Å²) < 4.78 is 1.92. The van der Waals surface area contributed by atoms with E-state index in [2.05, 4.69) is 24.4 Å². The lowest BCUT2D eigenvalue weighted by Crippen LogP contribution is -2.14. The first kappa shape index (κ1) is 17.0. The number of fused-ring (bicyclic) bond motifs is 1. The lowest BCUT2D eigenvalue weighted by molar-refractivity contribution is 0.102. The highest BCUT2D eigenvalue weighted by molar-refractivity contribution is 6.05. The molecule has 0 atom stereocenters. The molecule has 0 saturated carbocycles. The van der Waals surface area contributed by atoms with Crippen LogP contribution >= 0.6 is 0 Å². The minimum atomic E-state index is -0.147. The topological polar surface area (TPSA) is 46.4 Å². The van der Waals surface area contributed by atoms with Crippen LogP contribution in [0.3, 0.4) is 0 Å². The number of aromatic nitrogens is 2. The number of pyridine rings is 1. The highest BCUT2D eigenvalue weighted by Gasteiger charge is 2.17. The summed E-state index contributed by atoms with van der Waals surface area (Å²) in [6, 6.07) is 19.7. The fraction of sp³-hybridized carbons (Fsp3) is 0.130. The summed E-state index contributed by atoms with van der Waals surface area (Å²) in [4.78, 5) is 17.6. The maximum atomic E-state index is 12.8. The van der Waals surface area contributed by atoms with Crippen molar-refractivity contribution in [3.05, 3.63) is 89.1 Å². The van der Waals surface area contributed by atoms with Gasteiger partial charge in [-0.1, -0.05) is 47.5 Å². The number of rotatable bonds is 3.